The van der Waals surface area contributed by atoms with E-state index in [0.29, 0.717) is 18.6 Å². The third kappa shape index (κ3) is 10.5. The van der Waals surface area contributed by atoms with Crippen LogP contribution in [0, 0.1) is 11.8 Å². The smallest absolute Gasteiger partial charge is 0.326 e. The quantitative estimate of drug-likeness (QED) is 0.265. The molecular formula is C19H36N4O5S. The SMILES string of the molecule is CCC(C)C(NC(=O)C(CC(C)C)NC(=O)CN)C(=O)NC(CCSC)C(=O)O. The van der Waals surface area contributed by atoms with Crippen LogP contribution in [0.5, 0.6) is 0 Å². The van der Waals surface area contributed by atoms with Crippen molar-refractivity contribution < 1.29 is 24.3 Å². The number of aliphatic carboxylic acids is 1. The zero-order valence-electron chi connectivity index (χ0n) is 18.0. The van der Waals surface area contributed by atoms with E-state index in [1.165, 1.54) is 11.8 Å². The zero-order valence-corrected chi connectivity index (χ0v) is 18.8. The van der Waals surface area contributed by atoms with Gasteiger partial charge in [-0.1, -0.05) is 34.1 Å². The van der Waals surface area contributed by atoms with Crippen molar-refractivity contribution in [3.05, 3.63) is 0 Å². The fraction of sp³-hybridized carbons (Fsp3) is 0.789. The monoisotopic (exact) mass is 432 g/mol. The lowest BCUT2D eigenvalue weighted by Crippen LogP contribution is -2.58. The highest BCUT2D eigenvalue weighted by molar-refractivity contribution is 7.98. The summed E-state index contributed by atoms with van der Waals surface area (Å²) in [5.74, 6) is -2.12. The summed E-state index contributed by atoms with van der Waals surface area (Å²) in [4.78, 5) is 48.7. The van der Waals surface area contributed by atoms with Crippen molar-refractivity contribution >= 4 is 35.5 Å². The van der Waals surface area contributed by atoms with Crippen LogP contribution in [-0.4, -0.2) is 65.5 Å². The van der Waals surface area contributed by atoms with Crippen molar-refractivity contribution in [3.63, 3.8) is 0 Å². The van der Waals surface area contributed by atoms with Crippen molar-refractivity contribution in [2.24, 2.45) is 17.6 Å². The second kappa shape index (κ2) is 14.2. The normalized spacial score (nSPS) is 15.1. The Hall–Kier alpha value is -1.81. The molecule has 29 heavy (non-hydrogen) atoms. The number of amides is 3. The summed E-state index contributed by atoms with van der Waals surface area (Å²) in [6.07, 6.45) is 3.13. The van der Waals surface area contributed by atoms with E-state index in [1.54, 1.807) is 6.92 Å². The second-order valence-electron chi connectivity index (χ2n) is 7.51. The van der Waals surface area contributed by atoms with E-state index in [0.717, 1.165) is 0 Å². The number of nitrogens with one attached hydrogen (secondary N) is 3. The van der Waals surface area contributed by atoms with Gasteiger partial charge in [-0.05, 0) is 36.7 Å². The molecule has 0 aromatic carbocycles. The Balaban J connectivity index is 5.37. The van der Waals surface area contributed by atoms with Gasteiger partial charge < -0.3 is 26.8 Å². The fourth-order valence-electron chi connectivity index (χ4n) is 2.67. The highest BCUT2D eigenvalue weighted by Crippen LogP contribution is 2.12. The Bertz CT molecular complexity index is 559. The predicted octanol–water partition coefficient (Wildman–Crippen LogP) is 0.329. The summed E-state index contributed by atoms with van der Waals surface area (Å²) in [6, 6.07) is -2.76. The van der Waals surface area contributed by atoms with Gasteiger partial charge in [-0.15, -0.1) is 0 Å². The summed E-state index contributed by atoms with van der Waals surface area (Å²) in [6.45, 7) is 7.26. The molecule has 0 aliphatic carbocycles. The standard InChI is InChI=1S/C19H36N4O5S/c1-6-12(4)16(18(26)22-13(19(27)28)7-8-29-5)23-17(25)14(9-11(2)3)21-15(24)10-20/h11-14,16H,6-10,20H2,1-5H3,(H,21,24)(H,22,26)(H,23,25)(H,27,28). The van der Waals surface area contributed by atoms with E-state index in [9.17, 15) is 24.3 Å². The summed E-state index contributed by atoms with van der Waals surface area (Å²) in [5.41, 5.74) is 5.33. The van der Waals surface area contributed by atoms with E-state index >= 15 is 0 Å². The number of hydrogen-bond acceptors (Lipinski definition) is 6. The molecule has 0 saturated carbocycles. The lowest BCUT2D eigenvalue weighted by Gasteiger charge is -2.28. The van der Waals surface area contributed by atoms with Gasteiger partial charge in [-0.25, -0.2) is 4.79 Å². The molecule has 0 rings (SSSR count). The van der Waals surface area contributed by atoms with Crippen molar-refractivity contribution in [2.75, 3.05) is 18.6 Å². The number of nitrogens with two attached hydrogens (primary N) is 1. The van der Waals surface area contributed by atoms with Gasteiger partial charge in [0.05, 0.1) is 6.54 Å². The molecule has 0 radical (unpaired) electrons. The van der Waals surface area contributed by atoms with Crippen LogP contribution in [0.3, 0.4) is 0 Å². The highest BCUT2D eigenvalue weighted by Gasteiger charge is 2.32. The molecule has 6 N–H and O–H groups in total. The number of carbonyl (C=O) groups excluding carboxylic acids is 3. The minimum Gasteiger partial charge on any atom is -0.480 e. The molecular weight excluding hydrogens is 396 g/mol. The summed E-state index contributed by atoms with van der Waals surface area (Å²) in [5, 5.41) is 17.2. The van der Waals surface area contributed by atoms with Crippen molar-refractivity contribution in [2.45, 2.75) is 65.1 Å². The lowest BCUT2D eigenvalue weighted by atomic mass is 9.96. The first-order chi connectivity index (χ1) is 13.6. The van der Waals surface area contributed by atoms with Crippen molar-refractivity contribution in [3.8, 4) is 0 Å². The average molecular weight is 433 g/mol. The van der Waals surface area contributed by atoms with E-state index in [1.807, 2.05) is 27.0 Å². The van der Waals surface area contributed by atoms with Gasteiger partial charge in [-0.2, -0.15) is 11.8 Å². The molecule has 0 aliphatic heterocycles. The Morgan fingerprint density at radius 3 is 2.07 bits per heavy atom. The van der Waals surface area contributed by atoms with E-state index < -0.39 is 41.8 Å². The van der Waals surface area contributed by atoms with Crippen LogP contribution >= 0.6 is 11.8 Å². The highest BCUT2D eigenvalue weighted by atomic mass is 32.2. The van der Waals surface area contributed by atoms with Gasteiger partial charge in [0.25, 0.3) is 0 Å². The van der Waals surface area contributed by atoms with Gasteiger partial charge in [0.1, 0.15) is 18.1 Å². The van der Waals surface area contributed by atoms with E-state index in [2.05, 4.69) is 16.0 Å². The molecule has 4 unspecified atom stereocenters. The maximum absolute atomic E-state index is 12.8. The number of hydrogen-bond donors (Lipinski definition) is 5. The molecule has 0 saturated heterocycles. The largest absolute Gasteiger partial charge is 0.480 e. The fourth-order valence-corrected chi connectivity index (χ4v) is 3.14. The van der Waals surface area contributed by atoms with Crippen LogP contribution in [0.2, 0.25) is 0 Å². The zero-order chi connectivity index (χ0) is 22.6. The minimum absolute atomic E-state index is 0.127. The lowest BCUT2D eigenvalue weighted by molar-refractivity contribution is -0.142. The van der Waals surface area contributed by atoms with E-state index in [-0.39, 0.29) is 24.8 Å². The molecule has 0 fully saturated rings. The number of thioether (sulfide) groups is 1. The third-order valence-corrected chi connectivity index (χ3v) is 5.21. The topological polar surface area (TPSA) is 151 Å². The first-order valence-corrected chi connectivity index (χ1v) is 11.3. The van der Waals surface area contributed by atoms with E-state index in [4.69, 9.17) is 5.73 Å². The minimum atomic E-state index is -1.12. The number of carboxylic acids is 1. The van der Waals surface area contributed by atoms with Crippen molar-refractivity contribution in [1.29, 1.82) is 0 Å². The average Bonchev–Trinajstić information content (AvgIpc) is 2.66. The molecule has 0 aromatic rings. The molecule has 0 heterocycles. The van der Waals surface area contributed by atoms with Gasteiger partial charge in [0.15, 0.2) is 0 Å². The van der Waals surface area contributed by atoms with Crippen LogP contribution in [0.15, 0.2) is 0 Å². The van der Waals surface area contributed by atoms with Gasteiger partial charge in [0.2, 0.25) is 17.7 Å². The summed E-state index contributed by atoms with van der Waals surface area (Å²) >= 11 is 1.49. The number of carbonyl (C=O) groups is 4. The molecule has 168 valence electrons. The second-order valence-corrected chi connectivity index (χ2v) is 8.49. The molecule has 0 aliphatic rings. The molecule has 4 atom stereocenters. The maximum atomic E-state index is 12.8. The molecule has 0 spiro atoms. The van der Waals surface area contributed by atoms with Crippen LogP contribution in [0.4, 0.5) is 0 Å². The number of rotatable bonds is 14. The van der Waals surface area contributed by atoms with Crippen molar-refractivity contribution in [1.82, 2.24) is 16.0 Å². The van der Waals surface area contributed by atoms with Gasteiger partial charge in [0, 0.05) is 0 Å². The Morgan fingerprint density at radius 1 is 1.00 bits per heavy atom. The van der Waals surface area contributed by atoms with Gasteiger partial charge in [-0.3, -0.25) is 14.4 Å². The first-order valence-electron chi connectivity index (χ1n) is 9.89. The third-order valence-electron chi connectivity index (χ3n) is 4.56. The Labute approximate surface area is 177 Å². The van der Waals surface area contributed by atoms with Gasteiger partial charge >= 0.3 is 5.97 Å². The Morgan fingerprint density at radius 2 is 1.62 bits per heavy atom. The molecule has 3 amide bonds. The molecule has 0 aromatic heterocycles. The van der Waals surface area contributed by atoms with Crippen LogP contribution < -0.4 is 21.7 Å². The first kappa shape index (κ1) is 27.2. The van der Waals surface area contributed by atoms with Crippen LogP contribution in [0.25, 0.3) is 0 Å². The molecule has 10 heteroatoms. The summed E-state index contributed by atoms with van der Waals surface area (Å²) in [7, 11) is 0. The van der Waals surface area contributed by atoms with Crippen LogP contribution in [0.1, 0.15) is 47.0 Å². The molecule has 9 nitrogen and oxygen atoms in total. The van der Waals surface area contributed by atoms with Crippen LogP contribution in [-0.2, 0) is 19.2 Å². The number of carboxylic acid groups (broad SMARTS) is 1. The predicted molar refractivity (Wildman–Crippen MR) is 114 cm³/mol. The summed E-state index contributed by atoms with van der Waals surface area (Å²) < 4.78 is 0. The Kier molecular flexibility index (Phi) is 13.3. The maximum Gasteiger partial charge on any atom is 0.326 e. The molecule has 0 bridgehead atoms.